The molecule has 5 nitrogen and oxygen atoms in total. The number of piperazine rings is 1. The molecule has 2 aromatic carbocycles. The summed E-state index contributed by atoms with van der Waals surface area (Å²) in [5.41, 5.74) is 0.753. The van der Waals surface area contributed by atoms with Crippen LogP contribution in [0.5, 0.6) is 0 Å². The molecule has 1 fully saturated rings. The van der Waals surface area contributed by atoms with Crippen molar-refractivity contribution in [1.29, 1.82) is 0 Å². The van der Waals surface area contributed by atoms with E-state index in [1.165, 1.54) is 22.5 Å². The Bertz CT molecular complexity index is 986. The quantitative estimate of drug-likeness (QED) is 0.651. The number of benzene rings is 2. The van der Waals surface area contributed by atoms with E-state index in [0.717, 1.165) is 5.56 Å². The van der Waals surface area contributed by atoms with Crippen molar-refractivity contribution in [2.45, 2.75) is 11.3 Å². The molecule has 0 aromatic heterocycles. The highest BCUT2D eigenvalue weighted by molar-refractivity contribution is 7.89. The minimum Gasteiger partial charge on any atom is -0.340 e. The average Bonchev–Trinajstić information content (AvgIpc) is 2.64. The SMILES string of the molecule is O=C(Cc1ccc(Cl)c(Cl)c1)N1CCN(S(=O)(=O)c2cc(Cl)cc(Cl)c2)CC1. The van der Waals surface area contributed by atoms with E-state index in [4.69, 9.17) is 46.4 Å². The highest BCUT2D eigenvalue weighted by Gasteiger charge is 2.30. The highest BCUT2D eigenvalue weighted by atomic mass is 35.5. The van der Waals surface area contributed by atoms with Gasteiger partial charge in [-0.2, -0.15) is 4.31 Å². The molecule has 2 aromatic rings. The zero-order valence-corrected chi connectivity index (χ0v) is 18.4. The molecule has 0 aliphatic carbocycles. The lowest BCUT2D eigenvalue weighted by Gasteiger charge is -2.34. The third kappa shape index (κ3) is 4.93. The second kappa shape index (κ2) is 8.78. The van der Waals surface area contributed by atoms with Crippen molar-refractivity contribution < 1.29 is 13.2 Å². The molecule has 1 heterocycles. The molecule has 1 amide bonds. The van der Waals surface area contributed by atoms with E-state index in [2.05, 4.69) is 0 Å². The third-order valence-electron chi connectivity index (χ3n) is 4.40. The molecule has 1 saturated heterocycles. The number of sulfonamides is 1. The molecule has 0 spiro atoms. The molecular weight excluding hydrogens is 466 g/mol. The lowest BCUT2D eigenvalue weighted by molar-refractivity contribution is -0.131. The van der Waals surface area contributed by atoms with E-state index in [1.54, 1.807) is 23.1 Å². The first-order valence-corrected chi connectivity index (χ1v) is 11.3. The van der Waals surface area contributed by atoms with E-state index in [9.17, 15) is 13.2 Å². The van der Waals surface area contributed by atoms with E-state index >= 15 is 0 Å². The van der Waals surface area contributed by atoms with Crippen molar-refractivity contribution >= 4 is 62.3 Å². The van der Waals surface area contributed by atoms with Crippen LogP contribution in [0.2, 0.25) is 20.1 Å². The van der Waals surface area contributed by atoms with Crippen molar-refractivity contribution in [2.75, 3.05) is 26.2 Å². The lowest BCUT2D eigenvalue weighted by Crippen LogP contribution is -2.50. The van der Waals surface area contributed by atoms with E-state index in [0.29, 0.717) is 23.1 Å². The Hall–Kier alpha value is -1.02. The number of nitrogens with zero attached hydrogens (tertiary/aromatic N) is 2. The second-order valence-corrected chi connectivity index (χ2v) is 9.94. The van der Waals surface area contributed by atoms with Gasteiger partial charge in [0, 0.05) is 36.2 Å². The standard InChI is InChI=1S/C18H16Cl4N2O3S/c19-13-9-14(20)11-15(10-13)28(26,27)24-5-3-23(4-6-24)18(25)8-12-1-2-16(21)17(22)7-12/h1-2,7,9-11H,3-6,8H2. The van der Waals surface area contributed by atoms with Gasteiger partial charge in [-0.1, -0.05) is 52.5 Å². The van der Waals surface area contributed by atoms with Gasteiger partial charge in [-0.3, -0.25) is 4.79 Å². The first kappa shape index (κ1) is 21.7. The fourth-order valence-corrected chi connectivity index (χ4v) is 5.41. The van der Waals surface area contributed by atoms with Crippen LogP contribution in [-0.4, -0.2) is 49.7 Å². The molecule has 0 radical (unpaired) electrons. The minimum absolute atomic E-state index is 0.0422. The van der Waals surface area contributed by atoms with Gasteiger partial charge in [0.1, 0.15) is 0 Å². The van der Waals surface area contributed by atoms with Gasteiger partial charge in [-0.05, 0) is 35.9 Å². The fourth-order valence-electron chi connectivity index (χ4n) is 2.94. The van der Waals surface area contributed by atoms with Crippen LogP contribution in [0.3, 0.4) is 0 Å². The van der Waals surface area contributed by atoms with E-state index in [-0.39, 0.29) is 40.4 Å². The molecular formula is C18H16Cl4N2O3S. The summed E-state index contributed by atoms with van der Waals surface area (Å²) >= 11 is 23.7. The molecule has 0 saturated carbocycles. The molecule has 0 bridgehead atoms. The van der Waals surface area contributed by atoms with Gasteiger partial charge in [0.15, 0.2) is 0 Å². The Morgan fingerprint density at radius 3 is 2.04 bits per heavy atom. The molecule has 1 aliphatic heterocycles. The maximum atomic E-state index is 12.8. The molecule has 0 unspecified atom stereocenters. The van der Waals surface area contributed by atoms with Crippen molar-refractivity contribution in [3.05, 3.63) is 62.1 Å². The normalized spacial score (nSPS) is 15.6. The summed E-state index contributed by atoms with van der Waals surface area (Å²) in [4.78, 5) is 14.2. The Balaban J connectivity index is 1.64. The average molecular weight is 482 g/mol. The second-order valence-electron chi connectivity index (χ2n) is 6.32. The number of carbonyl (C=O) groups is 1. The number of amides is 1. The van der Waals surface area contributed by atoms with Gasteiger partial charge in [-0.25, -0.2) is 8.42 Å². The molecule has 1 aliphatic rings. The molecule has 3 rings (SSSR count). The topological polar surface area (TPSA) is 57.7 Å². The minimum atomic E-state index is -3.73. The Labute approximate surface area is 183 Å². The summed E-state index contributed by atoms with van der Waals surface area (Å²) in [7, 11) is -3.73. The van der Waals surface area contributed by atoms with E-state index in [1.807, 2.05) is 0 Å². The van der Waals surface area contributed by atoms with Crippen LogP contribution in [0.1, 0.15) is 5.56 Å². The molecule has 28 heavy (non-hydrogen) atoms. The fraction of sp³-hybridized carbons (Fsp3) is 0.278. The molecule has 150 valence electrons. The van der Waals surface area contributed by atoms with Crippen molar-refractivity contribution in [3.8, 4) is 0 Å². The predicted octanol–water partition coefficient (Wildman–Crippen LogP) is 4.38. The van der Waals surface area contributed by atoms with Gasteiger partial charge in [-0.15, -0.1) is 0 Å². The first-order chi connectivity index (χ1) is 13.2. The Morgan fingerprint density at radius 2 is 1.46 bits per heavy atom. The summed E-state index contributed by atoms with van der Waals surface area (Å²) in [6.45, 7) is 0.987. The summed E-state index contributed by atoms with van der Waals surface area (Å²) in [6, 6.07) is 9.26. The van der Waals surface area contributed by atoms with Gasteiger partial charge in [0.2, 0.25) is 15.9 Å². The van der Waals surface area contributed by atoms with Crippen molar-refractivity contribution in [1.82, 2.24) is 9.21 Å². The molecule has 0 atom stereocenters. The van der Waals surface area contributed by atoms with Crippen LogP contribution in [0.4, 0.5) is 0 Å². The van der Waals surface area contributed by atoms with E-state index < -0.39 is 10.0 Å². The number of halogens is 4. The zero-order valence-electron chi connectivity index (χ0n) is 14.5. The van der Waals surface area contributed by atoms with Crippen LogP contribution in [0.25, 0.3) is 0 Å². The summed E-state index contributed by atoms with van der Waals surface area (Å²) in [6.07, 6.45) is 0.174. The van der Waals surface area contributed by atoms with Gasteiger partial charge in [0.25, 0.3) is 0 Å². The highest BCUT2D eigenvalue weighted by Crippen LogP contribution is 2.26. The molecule has 0 N–H and O–H groups in total. The first-order valence-electron chi connectivity index (χ1n) is 8.35. The Morgan fingerprint density at radius 1 is 0.857 bits per heavy atom. The van der Waals surface area contributed by atoms with Gasteiger partial charge in [0.05, 0.1) is 21.4 Å². The van der Waals surface area contributed by atoms with Crippen LogP contribution in [0.15, 0.2) is 41.3 Å². The number of hydrogen-bond acceptors (Lipinski definition) is 3. The number of rotatable bonds is 4. The van der Waals surface area contributed by atoms with Crippen molar-refractivity contribution in [3.63, 3.8) is 0 Å². The van der Waals surface area contributed by atoms with Crippen LogP contribution in [-0.2, 0) is 21.2 Å². The maximum Gasteiger partial charge on any atom is 0.243 e. The lowest BCUT2D eigenvalue weighted by atomic mass is 10.1. The summed E-state index contributed by atoms with van der Waals surface area (Å²) in [5.74, 6) is -0.0961. The zero-order chi connectivity index (χ0) is 20.5. The molecule has 10 heteroatoms. The monoisotopic (exact) mass is 480 g/mol. The van der Waals surface area contributed by atoms with Crippen LogP contribution < -0.4 is 0 Å². The smallest absolute Gasteiger partial charge is 0.243 e. The predicted molar refractivity (Wildman–Crippen MR) is 112 cm³/mol. The van der Waals surface area contributed by atoms with Gasteiger partial charge < -0.3 is 4.90 Å². The largest absolute Gasteiger partial charge is 0.340 e. The summed E-state index contributed by atoms with van der Waals surface area (Å²) < 4.78 is 26.9. The van der Waals surface area contributed by atoms with Crippen molar-refractivity contribution in [2.24, 2.45) is 0 Å². The third-order valence-corrected chi connectivity index (χ3v) is 7.46. The summed E-state index contributed by atoms with van der Waals surface area (Å²) in [5, 5.41) is 1.32. The van der Waals surface area contributed by atoms with Gasteiger partial charge >= 0.3 is 0 Å². The maximum absolute atomic E-state index is 12.8. The van der Waals surface area contributed by atoms with Crippen LogP contribution in [0, 0.1) is 0 Å². The number of carbonyl (C=O) groups excluding carboxylic acids is 1. The van der Waals surface area contributed by atoms with Crippen LogP contribution >= 0.6 is 46.4 Å². The Kier molecular flexibility index (Phi) is 6.80. The number of hydrogen-bond donors (Lipinski definition) is 0.